The lowest BCUT2D eigenvalue weighted by Gasteiger charge is -2.27. The molecule has 0 saturated carbocycles. The molecule has 1 aliphatic rings. The fourth-order valence-corrected chi connectivity index (χ4v) is 2.97. The molecular weight excluding hydrogens is 326 g/mol. The van der Waals surface area contributed by atoms with Gasteiger partial charge >= 0.3 is 0 Å². The number of anilines is 2. The van der Waals surface area contributed by atoms with Crippen LogP contribution in [-0.4, -0.2) is 42.5 Å². The summed E-state index contributed by atoms with van der Waals surface area (Å²) in [5.41, 5.74) is 6.25. The van der Waals surface area contributed by atoms with Gasteiger partial charge < -0.3 is 9.64 Å². The Hall–Kier alpha value is -2.99. The Kier molecular flexibility index (Phi) is 4.75. The summed E-state index contributed by atoms with van der Waals surface area (Å²) in [5.74, 6) is 1.42. The molecule has 0 aliphatic carbocycles. The maximum Gasteiger partial charge on any atom is 0.228 e. The molecule has 4 rings (SSSR count). The van der Waals surface area contributed by atoms with Crippen molar-refractivity contribution in [1.29, 1.82) is 0 Å². The van der Waals surface area contributed by atoms with Gasteiger partial charge in [-0.3, -0.25) is 5.43 Å². The summed E-state index contributed by atoms with van der Waals surface area (Å²) in [5, 5.41) is 5.33. The highest BCUT2D eigenvalue weighted by molar-refractivity contribution is 5.90. The number of ether oxygens (including phenoxy) is 1. The van der Waals surface area contributed by atoms with Gasteiger partial charge in [0.1, 0.15) is 0 Å². The molecule has 3 aromatic rings. The number of rotatable bonds is 4. The normalized spacial score (nSPS) is 14.9. The van der Waals surface area contributed by atoms with Gasteiger partial charge in [-0.15, -0.1) is 0 Å². The topological polar surface area (TPSA) is 62.6 Å². The summed E-state index contributed by atoms with van der Waals surface area (Å²) in [6.07, 6.45) is 1.80. The quantitative estimate of drug-likeness (QED) is 0.580. The van der Waals surface area contributed by atoms with Crippen molar-refractivity contribution in [2.75, 3.05) is 36.6 Å². The first-order chi connectivity index (χ1) is 12.8. The largest absolute Gasteiger partial charge is 0.378 e. The Morgan fingerprint density at radius 1 is 1.08 bits per heavy atom. The predicted octanol–water partition coefficient (Wildman–Crippen LogP) is 3.22. The van der Waals surface area contributed by atoms with Gasteiger partial charge in [0.2, 0.25) is 5.95 Å². The van der Waals surface area contributed by atoms with Gasteiger partial charge in [0.15, 0.2) is 5.82 Å². The van der Waals surface area contributed by atoms with Crippen LogP contribution in [0.15, 0.2) is 53.6 Å². The lowest BCUT2D eigenvalue weighted by molar-refractivity contribution is 0.122. The van der Waals surface area contributed by atoms with E-state index in [1.807, 2.05) is 36.4 Å². The Morgan fingerprint density at radius 2 is 1.92 bits per heavy atom. The minimum absolute atomic E-state index is 0.699. The van der Waals surface area contributed by atoms with Crippen molar-refractivity contribution in [3.05, 3.63) is 59.7 Å². The zero-order valence-corrected chi connectivity index (χ0v) is 14.7. The average molecular weight is 347 g/mol. The summed E-state index contributed by atoms with van der Waals surface area (Å²) in [4.78, 5) is 11.6. The number of para-hydroxylation sites is 1. The van der Waals surface area contributed by atoms with E-state index in [2.05, 4.69) is 34.5 Å². The van der Waals surface area contributed by atoms with E-state index in [9.17, 15) is 0 Å². The molecule has 1 saturated heterocycles. The summed E-state index contributed by atoms with van der Waals surface area (Å²) < 4.78 is 5.43. The Bertz CT molecular complexity index is 934. The van der Waals surface area contributed by atoms with Crippen LogP contribution in [0.25, 0.3) is 10.9 Å². The molecule has 1 aromatic heterocycles. The number of hydrazone groups is 1. The fourth-order valence-electron chi connectivity index (χ4n) is 2.97. The molecule has 132 valence electrons. The van der Waals surface area contributed by atoms with Crippen molar-refractivity contribution in [3.63, 3.8) is 0 Å². The first-order valence-corrected chi connectivity index (χ1v) is 8.75. The molecule has 0 spiro atoms. The molecule has 6 heteroatoms. The summed E-state index contributed by atoms with van der Waals surface area (Å²) in [7, 11) is 0. The van der Waals surface area contributed by atoms with E-state index in [0.29, 0.717) is 25.0 Å². The van der Waals surface area contributed by atoms with Crippen LogP contribution in [0.1, 0.15) is 11.1 Å². The molecule has 1 fully saturated rings. The number of fused-ring (bicyclic) bond motifs is 1. The monoisotopic (exact) mass is 347 g/mol. The third-order valence-corrected chi connectivity index (χ3v) is 4.31. The second-order valence-electron chi connectivity index (χ2n) is 6.27. The zero-order chi connectivity index (χ0) is 17.8. The minimum atomic E-state index is 0.699. The lowest BCUT2D eigenvalue weighted by Crippen LogP contribution is -2.37. The molecule has 1 N–H and O–H groups in total. The van der Waals surface area contributed by atoms with Gasteiger partial charge in [-0.2, -0.15) is 10.1 Å². The van der Waals surface area contributed by atoms with Crippen molar-refractivity contribution < 1.29 is 4.74 Å². The highest BCUT2D eigenvalue weighted by Gasteiger charge is 2.16. The Morgan fingerprint density at radius 3 is 2.77 bits per heavy atom. The van der Waals surface area contributed by atoms with Gasteiger partial charge in [0.25, 0.3) is 0 Å². The number of nitrogens with zero attached hydrogens (tertiary/aromatic N) is 4. The average Bonchev–Trinajstić information content (AvgIpc) is 2.68. The molecular formula is C20H21N5O. The van der Waals surface area contributed by atoms with Crippen LogP contribution < -0.4 is 10.3 Å². The third kappa shape index (κ3) is 3.65. The van der Waals surface area contributed by atoms with E-state index in [1.165, 1.54) is 5.56 Å². The van der Waals surface area contributed by atoms with Crippen molar-refractivity contribution in [1.82, 2.24) is 9.97 Å². The van der Waals surface area contributed by atoms with Crippen LogP contribution in [0, 0.1) is 6.92 Å². The third-order valence-electron chi connectivity index (χ3n) is 4.31. The number of hydrogen-bond donors (Lipinski definition) is 1. The molecule has 2 aromatic carbocycles. The standard InChI is InChI=1S/C20H21N5O/c1-15-5-4-6-16(13-15)14-21-24-19-17-7-2-3-8-18(17)22-20(23-19)25-9-11-26-12-10-25/h2-8,13-14H,9-12H2,1H3,(H,22,23,24). The Labute approximate surface area is 152 Å². The van der Waals surface area contributed by atoms with Crippen molar-refractivity contribution >= 4 is 28.9 Å². The molecule has 1 aliphatic heterocycles. The first-order valence-electron chi connectivity index (χ1n) is 8.75. The summed E-state index contributed by atoms with van der Waals surface area (Å²) in [6, 6.07) is 16.2. The van der Waals surface area contributed by atoms with E-state index < -0.39 is 0 Å². The molecule has 0 radical (unpaired) electrons. The number of morpholine rings is 1. The number of benzene rings is 2. The maximum atomic E-state index is 5.43. The van der Waals surface area contributed by atoms with Gasteiger partial charge in [-0.1, -0.05) is 42.0 Å². The van der Waals surface area contributed by atoms with Crippen LogP contribution in [0.2, 0.25) is 0 Å². The molecule has 2 heterocycles. The smallest absolute Gasteiger partial charge is 0.228 e. The highest BCUT2D eigenvalue weighted by atomic mass is 16.5. The Balaban J connectivity index is 1.64. The van der Waals surface area contributed by atoms with Gasteiger partial charge in [-0.05, 0) is 24.6 Å². The zero-order valence-electron chi connectivity index (χ0n) is 14.7. The van der Waals surface area contributed by atoms with E-state index in [-0.39, 0.29) is 0 Å². The number of nitrogens with one attached hydrogen (secondary N) is 1. The van der Waals surface area contributed by atoms with Crippen LogP contribution >= 0.6 is 0 Å². The van der Waals surface area contributed by atoms with Crippen molar-refractivity contribution in [2.45, 2.75) is 6.92 Å². The SMILES string of the molecule is Cc1cccc(C=NNc2nc(N3CCOCC3)nc3ccccc23)c1. The molecule has 0 bridgehead atoms. The second kappa shape index (κ2) is 7.49. The van der Waals surface area contributed by atoms with Gasteiger partial charge in [-0.25, -0.2) is 4.98 Å². The molecule has 0 amide bonds. The minimum Gasteiger partial charge on any atom is -0.378 e. The first kappa shape index (κ1) is 16.5. The predicted molar refractivity (Wildman–Crippen MR) is 105 cm³/mol. The number of aromatic nitrogens is 2. The van der Waals surface area contributed by atoms with Crippen molar-refractivity contribution in [2.24, 2.45) is 5.10 Å². The molecule has 26 heavy (non-hydrogen) atoms. The van der Waals surface area contributed by atoms with Crippen LogP contribution in [-0.2, 0) is 4.74 Å². The van der Waals surface area contributed by atoms with Crippen LogP contribution in [0.4, 0.5) is 11.8 Å². The maximum absolute atomic E-state index is 5.43. The lowest BCUT2D eigenvalue weighted by atomic mass is 10.2. The van der Waals surface area contributed by atoms with Gasteiger partial charge in [0, 0.05) is 18.5 Å². The van der Waals surface area contributed by atoms with Crippen LogP contribution in [0.3, 0.4) is 0 Å². The summed E-state index contributed by atoms with van der Waals surface area (Å²) >= 11 is 0. The number of aryl methyl sites for hydroxylation is 1. The summed E-state index contributed by atoms with van der Waals surface area (Å²) in [6.45, 7) is 5.06. The molecule has 0 unspecified atom stereocenters. The second-order valence-corrected chi connectivity index (χ2v) is 6.27. The highest BCUT2D eigenvalue weighted by Crippen LogP contribution is 2.24. The van der Waals surface area contributed by atoms with E-state index in [1.54, 1.807) is 6.21 Å². The molecule has 0 atom stereocenters. The fraction of sp³-hybridized carbons (Fsp3) is 0.250. The van der Waals surface area contributed by atoms with Gasteiger partial charge in [0.05, 0.1) is 24.9 Å². The molecule has 6 nitrogen and oxygen atoms in total. The van der Waals surface area contributed by atoms with E-state index in [0.717, 1.165) is 29.6 Å². The van der Waals surface area contributed by atoms with E-state index >= 15 is 0 Å². The van der Waals surface area contributed by atoms with Crippen molar-refractivity contribution in [3.8, 4) is 0 Å². The van der Waals surface area contributed by atoms with E-state index in [4.69, 9.17) is 14.7 Å². The number of hydrogen-bond acceptors (Lipinski definition) is 6. The van der Waals surface area contributed by atoms with Crippen LogP contribution in [0.5, 0.6) is 0 Å².